The summed E-state index contributed by atoms with van der Waals surface area (Å²) in [5.74, 6) is 0.900. The summed E-state index contributed by atoms with van der Waals surface area (Å²) in [5.41, 5.74) is 2.02. The number of phenols is 1. The van der Waals surface area contributed by atoms with Gasteiger partial charge in [0, 0.05) is 11.3 Å². The fraction of sp³-hybridized carbons (Fsp3) is 0.200. The maximum absolute atomic E-state index is 10.2. The Morgan fingerprint density at radius 3 is 2.92 bits per heavy atom. The number of hydrogen-bond donors (Lipinski definition) is 3. The number of rotatable bonds is 5. The Morgan fingerprint density at radius 1 is 1.38 bits per heavy atom. The van der Waals surface area contributed by atoms with Gasteiger partial charge in [-0.2, -0.15) is 20.0 Å². The molecule has 0 aliphatic carbocycles. The summed E-state index contributed by atoms with van der Waals surface area (Å²) in [4.78, 5) is 0. The molecule has 0 saturated carbocycles. The van der Waals surface area contributed by atoms with Crippen molar-refractivity contribution in [2.45, 2.75) is 13.8 Å². The van der Waals surface area contributed by atoms with E-state index in [0.717, 1.165) is 5.69 Å². The maximum Gasteiger partial charge on any atom is 0.216 e. The van der Waals surface area contributed by atoms with Crippen LogP contribution in [-0.4, -0.2) is 43.0 Å². The molecule has 0 aliphatic rings. The standard InChI is InChI=1S/C15H16N6O2S/c1-3-23-12-6-4-5-10(13(12)22)8-16-21-14(19-20-15(21)24)11-7-9(2)17-18-11/h4-8,22H,3H2,1-2H3,(H,17,18)(H,20,24)/b16-8-. The Bertz CT molecular complexity index is 940. The number of hydrogen-bond acceptors (Lipinski definition) is 6. The highest BCUT2D eigenvalue weighted by Gasteiger charge is 2.12. The predicted octanol–water partition coefficient (Wildman–Crippen LogP) is 2.63. The number of ether oxygens (including phenoxy) is 1. The highest BCUT2D eigenvalue weighted by molar-refractivity contribution is 7.71. The molecule has 0 amide bonds. The van der Waals surface area contributed by atoms with Gasteiger partial charge in [-0.15, -0.1) is 0 Å². The predicted molar refractivity (Wildman–Crippen MR) is 92.0 cm³/mol. The van der Waals surface area contributed by atoms with Crippen molar-refractivity contribution in [2.75, 3.05) is 6.61 Å². The fourth-order valence-electron chi connectivity index (χ4n) is 2.13. The van der Waals surface area contributed by atoms with Crippen molar-refractivity contribution < 1.29 is 9.84 Å². The molecular weight excluding hydrogens is 328 g/mol. The van der Waals surface area contributed by atoms with Crippen LogP contribution < -0.4 is 4.74 Å². The van der Waals surface area contributed by atoms with Gasteiger partial charge in [-0.05, 0) is 44.3 Å². The van der Waals surface area contributed by atoms with Gasteiger partial charge in [-0.1, -0.05) is 6.07 Å². The van der Waals surface area contributed by atoms with Gasteiger partial charge in [-0.25, -0.2) is 5.10 Å². The fourth-order valence-corrected chi connectivity index (χ4v) is 2.31. The molecular formula is C15H16N6O2S. The third kappa shape index (κ3) is 3.06. The van der Waals surface area contributed by atoms with Gasteiger partial charge >= 0.3 is 0 Å². The Labute approximate surface area is 142 Å². The van der Waals surface area contributed by atoms with Crippen LogP contribution in [0.15, 0.2) is 29.4 Å². The summed E-state index contributed by atoms with van der Waals surface area (Å²) in [7, 11) is 0. The Hall–Kier alpha value is -2.94. The minimum Gasteiger partial charge on any atom is -0.504 e. The van der Waals surface area contributed by atoms with Crippen molar-refractivity contribution in [2.24, 2.45) is 5.10 Å². The summed E-state index contributed by atoms with van der Waals surface area (Å²) < 4.78 is 7.13. The van der Waals surface area contributed by atoms with Crippen LogP contribution in [0.2, 0.25) is 0 Å². The van der Waals surface area contributed by atoms with Crippen LogP contribution in [0.1, 0.15) is 18.2 Å². The zero-order valence-corrected chi connectivity index (χ0v) is 14.0. The third-order valence-corrected chi connectivity index (χ3v) is 3.49. The SMILES string of the molecule is CCOc1cccc(/C=N\n2c(-c3cc(C)[nH]n3)n[nH]c2=S)c1O. The molecule has 0 bridgehead atoms. The van der Waals surface area contributed by atoms with E-state index >= 15 is 0 Å². The molecule has 0 unspecified atom stereocenters. The number of aromatic nitrogens is 5. The molecule has 2 heterocycles. The van der Waals surface area contributed by atoms with Gasteiger partial charge in [0.2, 0.25) is 10.6 Å². The molecule has 2 aromatic heterocycles. The third-order valence-electron chi connectivity index (χ3n) is 3.23. The zero-order chi connectivity index (χ0) is 17.1. The van der Waals surface area contributed by atoms with Crippen molar-refractivity contribution in [1.82, 2.24) is 25.1 Å². The number of H-pyrrole nitrogens is 2. The number of phenolic OH excluding ortho intramolecular Hbond substituents is 1. The second kappa shape index (κ2) is 6.67. The lowest BCUT2D eigenvalue weighted by Crippen LogP contribution is -1.97. The largest absolute Gasteiger partial charge is 0.504 e. The first-order valence-corrected chi connectivity index (χ1v) is 7.70. The number of nitrogens with zero attached hydrogens (tertiary/aromatic N) is 4. The van der Waals surface area contributed by atoms with Crippen LogP contribution >= 0.6 is 12.2 Å². The molecule has 9 heteroatoms. The smallest absolute Gasteiger partial charge is 0.216 e. The van der Waals surface area contributed by atoms with Crippen LogP contribution in [0, 0.1) is 11.7 Å². The minimum absolute atomic E-state index is 0.0234. The number of aromatic amines is 2. The first kappa shape index (κ1) is 15.9. The quantitative estimate of drug-likeness (QED) is 0.487. The van der Waals surface area contributed by atoms with Crippen LogP contribution in [0.3, 0.4) is 0 Å². The molecule has 0 fully saturated rings. The van der Waals surface area contributed by atoms with Gasteiger partial charge < -0.3 is 9.84 Å². The van der Waals surface area contributed by atoms with E-state index in [9.17, 15) is 5.11 Å². The highest BCUT2D eigenvalue weighted by atomic mass is 32.1. The summed E-state index contributed by atoms with van der Waals surface area (Å²) in [6.07, 6.45) is 1.49. The summed E-state index contributed by atoms with van der Waals surface area (Å²) in [5, 5.41) is 28.4. The first-order valence-electron chi connectivity index (χ1n) is 7.29. The van der Waals surface area contributed by atoms with Crippen molar-refractivity contribution in [3.63, 3.8) is 0 Å². The molecule has 3 rings (SSSR count). The van der Waals surface area contributed by atoms with Crippen LogP contribution in [0.5, 0.6) is 11.5 Å². The molecule has 8 nitrogen and oxygen atoms in total. The number of benzene rings is 1. The molecule has 0 spiro atoms. The minimum atomic E-state index is 0.0234. The second-order valence-corrected chi connectivity index (χ2v) is 5.36. The normalized spacial score (nSPS) is 11.2. The molecule has 124 valence electrons. The highest BCUT2D eigenvalue weighted by Crippen LogP contribution is 2.28. The molecule has 0 radical (unpaired) electrons. The van der Waals surface area contributed by atoms with Crippen molar-refractivity contribution in [3.05, 3.63) is 40.3 Å². The van der Waals surface area contributed by atoms with E-state index in [1.54, 1.807) is 18.2 Å². The first-order chi connectivity index (χ1) is 11.6. The van der Waals surface area contributed by atoms with E-state index in [1.807, 2.05) is 19.9 Å². The Kier molecular flexibility index (Phi) is 4.43. The van der Waals surface area contributed by atoms with Gasteiger partial charge in [0.05, 0.1) is 12.8 Å². The van der Waals surface area contributed by atoms with E-state index in [-0.39, 0.29) is 5.75 Å². The molecule has 3 aromatic rings. The van der Waals surface area contributed by atoms with E-state index < -0.39 is 0 Å². The average molecular weight is 344 g/mol. The Balaban J connectivity index is 1.98. The van der Waals surface area contributed by atoms with E-state index in [2.05, 4.69) is 25.5 Å². The van der Waals surface area contributed by atoms with Crippen molar-refractivity contribution >= 4 is 18.4 Å². The van der Waals surface area contributed by atoms with Gasteiger partial charge in [0.25, 0.3) is 0 Å². The molecule has 0 atom stereocenters. The topological polar surface area (TPSA) is 104 Å². The lowest BCUT2D eigenvalue weighted by molar-refractivity contribution is 0.318. The summed E-state index contributed by atoms with van der Waals surface area (Å²) in [6.45, 7) is 4.20. The van der Waals surface area contributed by atoms with Gasteiger partial charge in [0.15, 0.2) is 11.5 Å². The van der Waals surface area contributed by atoms with Crippen LogP contribution in [0.4, 0.5) is 0 Å². The lowest BCUT2D eigenvalue weighted by Gasteiger charge is -2.07. The van der Waals surface area contributed by atoms with Gasteiger partial charge in [0.1, 0.15) is 5.69 Å². The van der Waals surface area contributed by atoms with Crippen molar-refractivity contribution in [1.29, 1.82) is 0 Å². The lowest BCUT2D eigenvalue weighted by atomic mass is 10.2. The van der Waals surface area contributed by atoms with E-state index in [0.29, 0.717) is 34.2 Å². The second-order valence-electron chi connectivity index (χ2n) is 4.97. The summed E-state index contributed by atoms with van der Waals surface area (Å²) in [6, 6.07) is 7.03. The molecule has 0 aliphatic heterocycles. The van der Waals surface area contributed by atoms with Crippen LogP contribution in [-0.2, 0) is 0 Å². The van der Waals surface area contributed by atoms with Crippen LogP contribution in [0.25, 0.3) is 11.5 Å². The maximum atomic E-state index is 10.2. The Morgan fingerprint density at radius 2 is 2.21 bits per heavy atom. The number of aryl methyl sites for hydroxylation is 1. The molecule has 0 saturated heterocycles. The monoisotopic (exact) mass is 344 g/mol. The zero-order valence-electron chi connectivity index (χ0n) is 13.1. The number of aromatic hydroxyl groups is 1. The van der Waals surface area contributed by atoms with Crippen molar-refractivity contribution in [3.8, 4) is 23.0 Å². The number of para-hydroxylation sites is 1. The van der Waals surface area contributed by atoms with Gasteiger partial charge in [-0.3, -0.25) is 5.10 Å². The van der Waals surface area contributed by atoms with E-state index in [4.69, 9.17) is 17.0 Å². The summed E-state index contributed by atoms with van der Waals surface area (Å²) >= 11 is 5.20. The molecule has 24 heavy (non-hydrogen) atoms. The average Bonchev–Trinajstić information content (AvgIpc) is 3.14. The molecule has 1 aromatic carbocycles. The molecule has 3 N–H and O–H groups in total. The number of nitrogens with one attached hydrogen (secondary N) is 2. The van der Waals surface area contributed by atoms with E-state index in [1.165, 1.54) is 10.9 Å².